The van der Waals surface area contributed by atoms with Gasteiger partial charge >= 0.3 is 12.0 Å². The van der Waals surface area contributed by atoms with Gasteiger partial charge in [0.25, 0.3) is 0 Å². The number of nitrogens with one attached hydrogen (secondary N) is 2. The van der Waals surface area contributed by atoms with Crippen LogP contribution in [-0.2, 0) is 11.2 Å². The summed E-state index contributed by atoms with van der Waals surface area (Å²) < 4.78 is 12.8. The maximum Gasteiger partial charge on any atom is 0.315 e. The number of hydrogen-bond donors (Lipinski definition) is 3. The number of carboxylic acids is 1. The average Bonchev–Trinajstić information content (AvgIpc) is 2.28. The van der Waals surface area contributed by atoms with Crippen LogP contribution in [0.2, 0.25) is 0 Å². The van der Waals surface area contributed by atoms with E-state index < -0.39 is 17.5 Å². The quantitative estimate of drug-likeness (QED) is 0.753. The first-order chi connectivity index (χ1) is 9.68. The van der Waals surface area contributed by atoms with Crippen LogP contribution in [0.25, 0.3) is 0 Å². The minimum atomic E-state index is -0.973. The molecule has 1 aromatic rings. The first kappa shape index (κ1) is 16.9. The molecule has 0 aliphatic heterocycles. The number of urea groups is 1. The number of rotatable bonds is 6. The zero-order valence-corrected chi connectivity index (χ0v) is 12.4. The van der Waals surface area contributed by atoms with Crippen LogP contribution < -0.4 is 10.6 Å². The van der Waals surface area contributed by atoms with E-state index >= 15 is 0 Å². The van der Waals surface area contributed by atoms with Crippen LogP contribution in [0.3, 0.4) is 0 Å². The van der Waals surface area contributed by atoms with Crippen molar-refractivity contribution >= 4 is 12.0 Å². The number of amides is 2. The first-order valence-electron chi connectivity index (χ1n) is 6.73. The third kappa shape index (κ3) is 6.74. The van der Waals surface area contributed by atoms with Gasteiger partial charge in [-0.15, -0.1) is 0 Å². The van der Waals surface area contributed by atoms with Gasteiger partial charge in [-0.1, -0.05) is 12.1 Å². The Morgan fingerprint density at radius 2 is 1.86 bits per heavy atom. The topological polar surface area (TPSA) is 78.4 Å². The molecule has 5 nitrogen and oxygen atoms in total. The lowest BCUT2D eigenvalue weighted by Crippen LogP contribution is -2.51. The summed E-state index contributed by atoms with van der Waals surface area (Å²) in [4.78, 5) is 22.5. The number of carbonyl (C=O) groups is 2. The molecule has 3 N–H and O–H groups in total. The zero-order chi connectivity index (χ0) is 16.0. The van der Waals surface area contributed by atoms with Crippen LogP contribution in [0.5, 0.6) is 0 Å². The predicted octanol–water partition coefficient (Wildman–Crippen LogP) is 2.31. The van der Waals surface area contributed by atoms with Gasteiger partial charge in [0.2, 0.25) is 0 Å². The summed E-state index contributed by atoms with van der Waals surface area (Å²) in [5.74, 6) is -1.27. The highest BCUT2D eigenvalue weighted by Gasteiger charge is 2.24. The van der Waals surface area contributed by atoms with Crippen molar-refractivity contribution in [2.24, 2.45) is 0 Å². The van der Waals surface area contributed by atoms with Crippen LogP contribution in [0.4, 0.5) is 9.18 Å². The third-order valence-electron chi connectivity index (χ3n) is 2.88. The van der Waals surface area contributed by atoms with E-state index in [0.717, 1.165) is 5.56 Å². The molecule has 0 bridgehead atoms. The summed E-state index contributed by atoms with van der Waals surface area (Å²) in [6.07, 6.45) is 0.403. The third-order valence-corrected chi connectivity index (χ3v) is 2.88. The fraction of sp³-hybridized carbons (Fsp3) is 0.467. The number of hydrogen-bond acceptors (Lipinski definition) is 2. The van der Waals surface area contributed by atoms with E-state index in [9.17, 15) is 14.0 Å². The van der Waals surface area contributed by atoms with E-state index in [1.807, 2.05) is 6.92 Å². The highest BCUT2D eigenvalue weighted by molar-refractivity contribution is 5.76. The molecule has 0 aromatic heterocycles. The molecular weight excluding hydrogens is 275 g/mol. The van der Waals surface area contributed by atoms with Crippen molar-refractivity contribution in [1.82, 2.24) is 10.6 Å². The average molecular weight is 296 g/mol. The fourth-order valence-corrected chi connectivity index (χ4v) is 2.01. The Morgan fingerprint density at radius 3 is 2.38 bits per heavy atom. The Hall–Kier alpha value is -2.11. The highest BCUT2D eigenvalue weighted by atomic mass is 19.1. The maximum atomic E-state index is 12.8. The molecular formula is C15H21FN2O3. The zero-order valence-electron chi connectivity index (χ0n) is 12.4. The van der Waals surface area contributed by atoms with Crippen molar-refractivity contribution in [2.75, 3.05) is 0 Å². The molecule has 1 unspecified atom stereocenters. The SMILES string of the molecule is CC(Cc1ccc(F)cc1)NC(=O)NC(C)(C)CC(=O)O. The van der Waals surface area contributed by atoms with Crippen LogP contribution >= 0.6 is 0 Å². The van der Waals surface area contributed by atoms with Gasteiger partial charge in [0.1, 0.15) is 5.82 Å². The van der Waals surface area contributed by atoms with Gasteiger partial charge in [0.15, 0.2) is 0 Å². The molecule has 6 heteroatoms. The molecule has 21 heavy (non-hydrogen) atoms. The van der Waals surface area contributed by atoms with Crippen molar-refractivity contribution < 1.29 is 19.1 Å². The summed E-state index contributed by atoms with van der Waals surface area (Å²) in [7, 11) is 0. The number of halogens is 1. The van der Waals surface area contributed by atoms with E-state index in [4.69, 9.17) is 5.11 Å². The molecule has 1 rings (SSSR count). The molecule has 116 valence electrons. The predicted molar refractivity (Wildman–Crippen MR) is 77.6 cm³/mol. The summed E-state index contributed by atoms with van der Waals surface area (Å²) in [5.41, 5.74) is 0.0832. The monoisotopic (exact) mass is 296 g/mol. The van der Waals surface area contributed by atoms with Gasteiger partial charge in [-0.2, -0.15) is 0 Å². The van der Waals surface area contributed by atoms with E-state index in [2.05, 4.69) is 10.6 Å². The number of aliphatic carboxylic acids is 1. The Balaban J connectivity index is 2.46. The van der Waals surface area contributed by atoms with Crippen molar-refractivity contribution in [3.8, 4) is 0 Å². The molecule has 1 atom stereocenters. The van der Waals surface area contributed by atoms with Gasteiger partial charge in [-0.3, -0.25) is 4.79 Å². The van der Waals surface area contributed by atoms with E-state index in [0.29, 0.717) is 6.42 Å². The first-order valence-corrected chi connectivity index (χ1v) is 6.73. The Bertz CT molecular complexity index is 500. The van der Waals surface area contributed by atoms with Crippen molar-refractivity contribution in [1.29, 1.82) is 0 Å². The van der Waals surface area contributed by atoms with Gasteiger partial charge < -0.3 is 15.7 Å². The molecule has 0 saturated carbocycles. The van der Waals surface area contributed by atoms with E-state index in [1.165, 1.54) is 12.1 Å². The second kappa shape index (κ2) is 7.06. The lowest BCUT2D eigenvalue weighted by atomic mass is 10.0. The molecule has 0 heterocycles. The highest BCUT2D eigenvalue weighted by Crippen LogP contribution is 2.09. The van der Waals surface area contributed by atoms with Crippen molar-refractivity contribution in [3.63, 3.8) is 0 Å². The summed E-state index contributed by atoms with van der Waals surface area (Å²) in [6.45, 7) is 5.11. The minimum Gasteiger partial charge on any atom is -0.481 e. The molecule has 0 saturated heterocycles. The summed E-state index contributed by atoms with van der Waals surface area (Å²) in [5, 5.41) is 14.1. The van der Waals surface area contributed by atoms with Crippen LogP contribution in [0, 0.1) is 5.82 Å². The summed E-state index contributed by atoms with van der Waals surface area (Å²) >= 11 is 0. The van der Waals surface area contributed by atoms with Gasteiger partial charge in [-0.05, 0) is 44.9 Å². The van der Waals surface area contributed by atoms with Gasteiger partial charge in [0, 0.05) is 11.6 Å². The summed E-state index contributed by atoms with van der Waals surface area (Å²) in [6, 6.07) is 5.50. The Kier molecular flexibility index (Phi) is 5.69. The second-order valence-electron chi connectivity index (χ2n) is 5.78. The van der Waals surface area contributed by atoms with Crippen molar-refractivity contribution in [3.05, 3.63) is 35.6 Å². The molecule has 0 aliphatic rings. The van der Waals surface area contributed by atoms with Crippen LogP contribution in [-0.4, -0.2) is 28.7 Å². The lowest BCUT2D eigenvalue weighted by molar-refractivity contribution is -0.138. The number of carboxylic acid groups (broad SMARTS) is 1. The molecule has 0 radical (unpaired) electrons. The number of benzene rings is 1. The smallest absolute Gasteiger partial charge is 0.315 e. The molecule has 0 aliphatic carbocycles. The largest absolute Gasteiger partial charge is 0.481 e. The molecule has 0 spiro atoms. The normalized spacial score (nSPS) is 12.6. The Morgan fingerprint density at radius 1 is 1.29 bits per heavy atom. The minimum absolute atomic E-state index is 0.156. The van der Waals surface area contributed by atoms with Crippen molar-refractivity contribution in [2.45, 2.75) is 45.2 Å². The molecule has 0 fully saturated rings. The van der Waals surface area contributed by atoms with E-state index in [1.54, 1.807) is 26.0 Å². The lowest BCUT2D eigenvalue weighted by Gasteiger charge is -2.25. The van der Waals surface area contributed by atoms with Crippen LogP contribution in [0.1, 0.15) is 32.8 Å². The van der Waals surface area contributed by atoms with Crippen LogP contribution in [0.15, 0.2) is 24.3 Å². The molecule has 2 amide bonds. The van der Waals surface area contributed by atoms with Gasteiger partial charge in [0.05, 0.1) is 6.42 Å². The second-order valence-corrected chi connectivity index (χ2v) is 5.78. The number of carbonyl (C=O) groups excluding carboxylic acids is 1. The van der Waals surface area contributed by atoms with E-state index in [-0.39, 0.29) is 18.3 Å². The van der Waals surface area contributed by atoms with Gasteiger partial charge in [-0.25, -0.2) is 9.18 Å². The molecule has 1 aromatic carbocycles. The maximum absolute atomic E-state index is 12.8. The standard InChI is InChI=1S/C15H21FN2O3/c1-10(8-11-4-6-12(16)7-5-11)17-14(21)18-15(2,3)9-13(19)20/h4-7,10H,8-9H2,1-3H3,(H,19,20)(H2,17,18,21). The fourth-order valence-electron chi connectivity index (χ4n) is 2.01. The Labute approximate surface area is 123 Å².